The van der Waals surface area contributed by atoms with Crippen LogP contribution in [0.25, 0.3) is 0 Å². The fraction of sp³-hybridized carbons (Fsp3) is 0.529. The minimum atomic E-state index is -0.188. The van der Waals surface area contributed by atoms with Crippen LogP contribution in [0.5, 0.6) is 0 Å². The SMILES string of the molecule is CCn1cc([C@H]2OCCC[C@@H]2NC(=O)c2cc(C)nc(C)n2)cn1. The topological polar surface area (TPSA) is 81.9 Å². The van der Waals surface area contributed by atoms with E-state index in [9.17, 15) is 4.79 Å². The largest absolute Gasteiger partial charge is 0.371 e. The standard InChI is InChI=1S/C17H23N5O2/c1-4-22-10-13(9-18-22)16-14(6-5-7-24-16)21-17(23)15-8-11(2)19-12(3)20-15/h8-10,14,16H,4-7H2,1-3H3,(H,21,23)/t14-,16+/m0/s1. The second kappa shape index (κ2) is 7.09. The molecular formula is C17H23N5O2. The molecule has 2 aromatic rings. The van der Waals surface area contributed by atoms with E-state index < -0.39 is 0 Å². The summed E-state index contributed by atoms with van der Waals surface area (Å²) in [5, 5.41) is 7.38. The number of hydrogen-bond donors (Lipinski definition) is 1. The zero-order valence-corrected chi connectivity index (χ0v) is 14.3. The number of hydrogen-bond acceptors (Lipinski definition) is 5. The van der Waals surface area contributed by atoms with Crippen molar-refractivity contribution in [3.63, 3.8) is 0 Å². The van der Waals surface area contributed by atoms with Gasteiger partial charge in [-0.3, -0.25) is 9.48 Å². The molecule has 0 radical (unpaired) electrons. The molecule has 1 aliphatic heterocycles. The van der Waals surface area contributed by atoms with Crippen LogP contribution in [0.1, 0.15) is 53.4 Å². The second-order valence-electron chi connectivity index (χ2n) is 6.08. The molecule has 0 aromatic carbocycles. The van der Waals surface area contributed by atoms with Crippen molar-refractivity contribution in [2.24, 2.45) is 0 Å². The van der Waals surface area contributed by atoms with E-state index in [2.05, 4.69) is 20.4 Å². The van der Waals surface area contributed by atoms with Crippen LogP contribution < -0.4 is 5.32 Å². The normalized spacial score (nSPS) is 20.8. The van der Waals surface area contributed by atoms with Crippen LogP contribution in [-0.4, -0.2) is 38.3 Å². The van der Waals surface area contributed by atoms with Gasteiger partial charge in [0, 0.05) is 30.6 Å². The summed E-state index contributed by atoms with van der Waals surface area (Å²) in [4.78, 5) is 21.0. The van der Waals surface area contributed by atoms with E-state index >= 15 is 0 Å². The summed E-state index contributed by atoms with van der Waals surface area (Å²) in [7, 11) is 0. The molecule has 0 saturated carbocycles. The van der Waals surface area contributed by atoms with E-state index in [-0.39, 0.29) is 18.1 Å². The van der Waals surface area contributed by atoms with Gasteiger partial charge in [0.15, 0.2) is 0 Å². The highest BCUT2D eigenvalue weighted by molar-refractivity contribution is 5.92. The van der Waals surface area contributed by atoms with E-state index in [1.54, 1.807) is 13.0 Å². The lowest BCUT2D eigenvalue weighted by Gasteiger charge is -2.31. The first-order chi connectivity index (χ1) is 11.6. The van der Waals surface area contributed by atoms with Crippen LogP contribution in [0.3, 0.4) is 0 Å². The van der Waals surface area contributed by atoms with Gasteiger partial charge in [0.25, 0.3) is 5.91 Å². The minimum Gasteiger partial charge on any atom is -0.371 e. The van der Waals surface area contributed by atoms with Crippen LogP contribution in [0.2, 0.25) is 0 Å². The molecule has 3 rings (SSSR count). The Kier molecular flexibility index (Phi) is 4.89. The third-order valence-electron chi connectivity index (χ3n) is 4.14. The van der Waals surface area contributed by atoms with Gasteiger partial charge < -0.3 is 10.1 Å². The van der Waals surface area contributed by atoms with Crippen LogP contribution in [0, 0.1) is 13.8 Å². The quantitative estimate of drug-likeness (QED) is 0.927. The first kappa shape index (κ1) is 16.6. The fourth-order valence-corrected chi connectivity index (χ4v) is 3.03. The van der Waals surface area contributed by atoms with Gasteiger partial charge in [-0.25, -0.2) is 9.97 Å². The molecule has 1 aliphatic rings. The monoisotopic (exact) mass is 329 g/mol. The summed E-state index contributed by atoms with van der Waals surface area (Å²) in [5.74, 6) is 0.410. The molecule has 1 N–H and O–H groups in total. The molecule has 128 valence electrons. The summed E-state index contributed by atoms with van der Waals surface area (Å²) < 4.78 is 7.78. The predicted octanol–water partition coefficient (Wildman–Crippen LogP) is 1.96. The van der Waals surface area contributed by atoms with E-state index in [1.165, 1.54) is 0 Å². The lowest BCUT2D eigenvalue weighted by Crippen LogP contribution is -2.43. The number of carbonyl (C=O) groups excluding carboxylic acids is 1. The minimum absolute atomic E-state index is 0.0867. The summed E-state index contributed by atoms with van der Waals surface area (Å²) in [5.41, 5.74) is 2.18. The van der Waals surface area contributed by atoms with E-state index in [1.807, 2.05) is 30.9 Å². The zero-order chi connectivity index (χ0) is 17.1. The van der Waals surface area contributed by atoms with Crippen molar-refractivity contribution in [1.82, 2.24) is 25.1 Å². The summed E-state index contributed by atoms with van der Waals surface area (Å²) in [6.45, 7) is 7.19. The summed E-state index contributed by atoms with van der Waals surface area (Å²) in [6.07, 6.45) is 5.42. The van der Waals surface area contributed by atoms with Crippen LogP contribution in [0.15, 0.2) is 18.5 Å². The molecule has 1 saturated heterocycles. The Balaban J connectivity index is 1.77. The number of aromatic nitrogens is 4. The van der Waals surface area contributed by atoms with E-state index in [0.29, 0.717) is 18.1 Å². The Bertz CT molecular complexity index is 707. The van der Waals surface area contributed by atoms with Gasteiger partial charge in [-0.05, 0) is 39.7 Å². The molecule has 7 heteroatoms. The summed E-state index contributed by atoms with van der Waals surface area (Å²) in [6, 6.07) is 1.62. The number of nitrogens with one attached hydrogen (secondary N) is 1. The number of carbonyl (C=O) groups is 1. The third-order valence-corrected chi connectivity index (χ3v) is 4.14. The van der Waals surface area contributed by atoms with Crippen molar-refractivity contribution < 1.29 is 9.53 Å². The second-order valence-corrected chi connectivity index (χ2v) is 6.08. The third kappa shape index (κ3) is 3.62. The Hall–Kier alpha value is -2.28. The van der Waals surface area contributed by atoms with Crippen molar-refractivity contribution in [3.8, 4) is 0 Å². The first-order valence-corrected chi connectivity index (χ1v) is 8.34. The van der Waals surface area contributed by atoms with Crippen molar-refractivity contribution >= 4 is 5.91 Å². The van der Waals surface area contributed by atoms with Gasteiger partial charge >= 0.3 is 0 Å². The molecule has 7 nitrogen and oxygen atoms in total. The van der Waals surface area contributed by atoms with Crippen LogP contribution in [-0.2, 0) is 11.3 Å². The van der Waals surface area contributed by atoms with E-state index in [4.69, 9.17) is 4.74 Å². The highest BCUT2D eigenvalue weighted by Crippen LogP contribution is 2.28. The Morgan fingerprint density at radius 1 is 1.42 bits per heavy atom. The number of rotatable bonds is 4. The van der Waals surface area contributed by atoms with Crippen molar-refractivity contribution in [3.05, 3.63) is 41.2 Å². The molecule has 0 unspecified atom stereocenters. The van der Waals surface area contributed by atoms with Crippen molar-refractivity contribution in [2.75, 3.05) is 6.61 Å². The van der Waals surface area contributed by atoms with E-state index in [0.717, 1.165) is 30.6 Å². The molecule has 2 atom stereocenters. The Labute approximate surface area is 141 Å². The molecule has 2 aromatic heterocycles. The number of amides is 1. The molecule has 1 amide bonds. The predicted molar refractivity (Wildman–Crippen MR) is 88.6 cm³/mol. The fourth-order valence-electron chi connectivity index (χ4n) is 3.03. The maximum absolute atomic E-state index is 12.6. The molecule has 0 spiro atoms. The average Bonchev–Trinajstić information content (AvgIpc) is 3.03. The van der Waals surface area contributed by atoms with Gasteiger partial charge in [0.1, 0.15) is 17.6 Å². The molecule has 0 bridgehead atoms. The zero-order valence-electron chi connectivity index (χ0n) is 14.3. The average molecular weight is 329 g/mol. The number of aryl methyl sites for hydroxylation is 3. The van der Waals surface area contributed by atoms with Gasteiger partial charge in [-0.15, -0.1) is 0 Å². The summed E-state index contributed by atoms with van der Waals surface area (Å²) >= 11 is 0. The first-order valence-electron chi connectivity index (χ1n) is 8.34. The highest BCUT2D eigenvalue weighted by atomic mass is 16.5. The van der Waals surface area contributed by atoms with Gasteiger partial charge in [-0.2, -0.15) is 5.10 Å². The molecule has 0 aliphatic carbocycles. The highest BCUT2D eigenvalue weighted by Gasteiger charge is 2.30. The Morgan fingerprint density at radius 2 is 2.25 bits per heavy atom. The van der Waals surface area contributed by atoms with Crippen LogP contribution in [0.4, 0.5) is 0 Å². The lowest BCUT2D eigenvalue weighted by atomic mass is 9.98. The molecule has 1 fully saturated rings. The lowest BCUT2D eigenvalue weighted by molar-refractivity contribution is -0.00956. The van der Waals surface area contributed by atoms with Gasteiger partial charge in [0.2, 0.25) is 0 Å². The van der Waals surface area contributed by atoms with Gasteiger partial charge in [0.05, 0.1) is 12.2 Å². The molecule has 3 heterocycles. The number of ether oxygens (including phenoxy) is 1. The molecule has 24 heavy (non-hydrogen) atoms. The smallest absolute Gasteiger partial charge is 0.270 e. The van der Waals surface area contributed by atoms with Crippen molar-refractivity contribution in [2.45, 2.75) is 52.3 Å². The van der Waals surface area contributed by atoms with Crippen molar-refractivity contribution in [1.29, 1.82) is 0 Å². The Morgan fingerprint density at radius 3 is 2.96 bits per heavy atom. The van der Waals surface area contributed by atoms with Crippen LogP contribution >= 0.6 is 0 Å². The maximum Gasteiger partial charge on any atom is 0.270 e. The molecular weight excluding hydrogens is 306 g/mol. The van der Waals surface area contributed by atoms with Gasteiger partial charge in [-0.1, -0.05) is 0 Å². The number of nitrogens with zero attached hydrogens (tertiary/aromatic N) is 4. The maximum atomic E-state index is 12.6.